The summed E-state index contributed by atoms with van der Waals surface area (Å²) in [6.07, 6.45) is 4.97. The van der Waals surface area contributed by atoms with Crippen molar-refractivity contribution >= 4 is 11.6 Å². The van der Waals surface area contributed by atoms with Crippen molar-refractivity contribution in [2.75, 3.05) is 18.4 Å². The van der Waals surface area contributed by atoms with Crippen LogP contribution in [0.15, 0.2) is 48.5 Å². The number of anilines is 1. The molecular weight excluding hydrogens is 324 g/mol. The number of hydrogen-bond donors (Lipinski definition) is 1. The Bertz CT molecular complexity index is 783. The molecule has 1 heterocycles. The Morgan fingerprint density at radius 2 is 1.88 bits per heavy atom. The first-order chi connectivity index (χ1) is 12.7. The first kappa shape index (κ1) is 17.1. The molecule has 0 spiro atoms. The van der Waals surface area contributed by atoms with E-state index in [-0.39, 0.29) is 12.0 Å². The highest BCUT2D eigenvalue weighted by Gasteiger charge is 2.38. The lowest BCUT2D eigenvalue weighted by atomic mass is 10.0. The third-order valence-corrected chi connectivity index (χ3v) is 5.42. The van der Waals surface area contributed by atoms with Gasteiger partial charge in [0, 0.05) is 18.7 Å². The summed E-state index contributed by atoms with van der Waals surface area (Å²) in [5, 5.41) is 2.83. The standard InChI is InChI=1S/C22H26N2O2/c1-16(25)23-18-9-7-10-19(15-18)26-22-20-11-4-3-8-17(20)14-21(22)24-12-5-2-6-13-24/h3-4,7-11,15,21-22H,2,5-6,12-14H2,1H3,(H,23,25). The molecular formula is C22H26N2O2. The number of nitrogens with zero attached hydrogens (tertiary/aromatic N) is 1. The molecule has 1 N–H and O–H groups in total. The average Bonchev–Trinajstić information content (AvgIpc) is 3.01. The number of fused-ring (bicyclic) bond motifs is 1. The van der Waals surface area contributed by atoms with Gasteiger partial charge in [-0.05, 0) is 55.6 Å². The smallest absolute Gasteiger partial charge is 0.221 e. The van der Waals surface area contributed by atoms with E-state index in [9.17, 15) is 4.79 Å². The maximum atomic E-state index is 11.3. The van der Waals surface area contributed by atoms with Gasteiger partial charge < -0.3 is 10.1 Å². The second-order valence-electron chi connectivity index (χ2n) is 7.31. The van der Waals surface area contributed by atoms with Crippen LogP contribution in [0, 0.1) is 0 Å². The van der Waals surface area contributed by atoms with Gasteiger partial charge in [-0.25, -0.2) is 0 Å². The molecule has 136 valence electrons. The van der Waals surface area contributed by atoms with E-state index in [2.05, 4.69) is 34.5 Å². The molecule has 1 aliphatic heterocycles. The van der Waals surface area contributed by atoms with E-state index >= 15 is 0 Å². The summed E-state index contributed by atoms with van der Waals surface area (Å²) < 4.78 is 6.50. The highest BCUT2D eigenvalue weighted by Crippen LogP contribution is 2.39. The fourth-order valence-corrected chi connectivity index (χ4v) is 4.25. The molecule has 0 aromatic heterocycles. The Balaban J connectivity index is 1.60. The van der Waals surface area contributed by atoms with Gasteiger partial charge in [-0.1, -0.05) is 36.8 Å². The lowest BCUT2D eigenvalue weighted by molar-refractivity contribution is -0.114. The van der Waals surface area contributed by atoms with Crippen molar-refractivity contribution < 1.29 is 9.53 Å². The Hall–Kier alpha value is -2.33. The van der Waals surface area contributed by atoms with Gasteiger partial charge in [0.15, 0.2) is 0 Å². The van der Waals surface area contributed by atoms with Gasteiger partial charge in [0.1, 0.15) is 11.9 Å². The van der Waals surface area contributed by atoms with E-state index < -0.39 is 0 Å². The van der Waals surface area contributed by atoms with E-state index in [0.29, 0.717) is 6.04 Å². The van der Waals surface area contributed by atoms with E-state index in [1.165, 1.54) is 37.3 Å². The van der Waals surface area contributed by atoms with Gasteiger partial charge in [0.2, 0.25) is 5.91 Å². The van der Waals surface area contributed by atoms with Crippen LogP contribution in [0.5, 0.6) is 5.75 Å². The maximum absolute atomic E-state index is 11.3. The minimum Gasteiger partial charge on any atom is -0.484 e. The zero-order valence-electron chi connectivity index (χ0n) is 15.3. The van der Waals surface area contributed by atoms with Crippen molar-refractivity contribution in [1.82, 2.24) is 4.90 Å². The lowest BCUT2D eigenvalue weighted by Crippen LogP contribution is -2.43. The van der Waals surface area contributed by atoms with Crippen molar-refractivity contribution in [2.24, 2.45) is 0 Å². The van der Waals surface area contributed by atoms with Crippen LogP contribution in [0.2, 0.25) is 0 Å². The van der Waals surface area contributed by atoms with Crippen LogP contribution in [0.1, 0.15) is 43.4 Å². The number of rotatable bonds is 4. The first-order valence-electron chi connectivity index (χ1n) is 9.57. The molecule has 1 aliphatic carbocycles. The minimum absolute atomic E-state index is 0.0388. The van der Waals surface area contributed by atoms with Crippen LogP contribution >= 0.6 is 0 Å². The number of carbonyl (C=O) groups is 1. The molecule has 1 fully saturated rings. The largest absolute Gasteiger partial charge is 0.484 e. The molecule has 2 atom stereocenters. The van der Waals surface area contributed by atoms with Crippen molar-refractivity contribution in [3.63, 3.8) is 0 Å². The summed E-state index contributed by atoms with van der Waals surface area (Å²) in [4.78, 5) is 13.9. The Morgan fingerprint density at radius 1 is 1.08 bits per heavy atom. The Labute approximate surface area is 155 Å². The highest BCUT2D eigenvalue weighted by molar-refractivity contribution is 5.88. The van der Waals surface area contributed by atoms with Crippen molar-refractivity contribution in [1.29, 1.82) is 0 Å². The number of piperidine rings is 1. The molecule has 4 rings (SSSR count). The fraction of sp³-hybridized carbons (Fsp3) is 0.409. The number of ether oxygens (including phenoxy) is 1. The number of benzene rings is 2. The van der Waals surface area contributed by atoms with Gasteiger partial charge in [-0.3, -0.25) is 9.69 Å². The summed E-state index contributed by atoms with van der Waals surface area (Å²) >= 11 is 0. The molecule has 1 amide bonds. The Kier molecular flexibility index (Phi) is 4.93. The predicted molar refractivity (Wildman–Crippen MR) is 103 cm³/mol. The molecule has 0 radical (unpaired) electrons. The molecule has 0 bridgehead atoms. The van der Waals surface area contributed by atoms with Crippen molar-refractivity contribution in [2.45, 2.75) is 44.8 Å². The van der Waals surface area contributed by atoms with Crippen LogP contribution in [-0.2, 0) is 11.2 Å². The molecule has 26 heavy (non-hydrogen) atoms. The van der Waals surface area contributed by atoms with Crippen LogP contribution in [0.25, 0.3) is 0 Å². The molecule has 1 saturated heterocycles. The zero-order chi connectivity index (χ0) is 17.9. The van der Waals surface area contributed by atoms with Gasteiger partial charge in [-0.15, -0.1) is 0 Å². The van der Waals surface area contributed by atoms with Crippen LogP contribution < -0.4 is 10.1 Å². The lowest BCUT2D eigenvalue weighted by Gasteiger charge is -2.35. The molecule has 4 heteroatoms. The quantitative estimate of drug-likeness (QED) is 0.899. The summed E-state index contributed by atoms with van der Waals surface area (Å²) in [6.45, 7) is 3.84. The minimum atomic E-state index is -0.0699. The van der Waals surface area contributed by atoms with E-state index in [0.717, 1.165) is 30.9 Å². The third-order valence-electron chi connectivity index (χ3n) is 5.42. The normalized spacial score (nSPS) is 22.7. The fourth-order valence-electron chi connectivity index (χ4n) is 4.25. The van der Waals surface area contributed by atoms with Crippen LogP contribution in [-0.4, -0.2) is 29.9 Å². The predicted octanol–water partition coefficient (Wildman–Crippen LogP) is 4.18. The molecule has 2 aromatic carbocycles. The van der Waals surface area contributed by atoms with Gasteiger partial charge in [-0.2, -0.15) is 0 Å². The summed E-state index contributed by atoms with van der Waals surface area (Å²) in [5.41, 5.74) is 3.47. The van der Waals surface area contributed by atoms with E-state index in [4.69, 9.17) is 4.74 Å². The third kappa shape index (κ3) is 3.61. The van der Waals surface area contributed by atoms with Gasteiger partial charge in [0.25, 0.3) is 0 Å². The number of likely N-dealkylation sites (tertiary alicyclic amines) is 1. The SMILES string of the molecule is CC(=O)Nc1cccc(OC2c3ccccc3CC2N2CCCCC2)c1. The molecule has 2 unspecified atom stereocenters. The molecule has 4 nitrogen and oxygen atoms in total. The van der Waals surface area contributed by atoms with E-state index in [1.54, 1.807) is 0 Å². The Morgan fingerprint density at radius 3 is 2.69 bits per heavy atom. The maximum Gasteiger partial charge on any atom is 0.221 e. The summed E-state index contributed by atoms with van der Waals surface area (Å²) in [6, 6.07) is 16.7. The number of nitrogens with one attached hydrogen (secondary N) is 1. The monoisotopic (exact) mass is 350 g/mol. The first-order valence-corrected chi connectivity index (χ1v) is 9.57. The highest BCUT2D eigenvalue weighted by atomic mass is 16.5. The molecule has 2 aliphatic rings. The summed E-state index contributed by atoms with van der Waals surface area (Å²) in [5.74, 6) is 0.736. The average molecular weight is 350 g/mol. The van der Waals surface area contributed by atoms with Crippen molar-refractivity contribution in [3.05, 3.63) is 59.7 Å². The number of hydrogen-bond acceptors (Lipinski definition) is 3. The number of amides is 1. The zero-order valence-corrected chi connectivity index (χ0v) is 15.3. The molecule has 0 saturated carbocycles. The summed E-state index contributed by atoms with van der Waals surface area (Å²) in [7, 11) is 0. The van der Waals surface area contributed by atoms with E-state index in [1.807, 2.05) is 24.3 Å². The number of carbonyl (C=O) groups excluding carboxylic acids is 1. The topological polar surface area (TPSA) is 41.6 Å². The van der Waals surface area contributed by atoms with Crippen LogP contribution in [0.3, 0.4) is 0 Å². The second-order valence-corrected chi connectivity index (χ2v) is 7.31. The van der Waals surface area contributed by atoms with Crippen molar-refractivity contribution in [3.8, 4) is 5.75 Å². The van der Waals surface area contributed by atoms with Gasteiger partial charge in [0.05, 0.1) is 6.04 Å². The molecule has 2 aromatic rings. The van der Waals surface area contributed by atoms with Gasteiger partial charge >= 0.3 is 0 Å². The second kappa shape index (κ2) is 7.50. The van der Waals surface area contributed by atoms with Crippen LogP contribution in [0.4, 0.5) is 5.69 Å².